The molecule has 0 unspecified atom stereocenters. The van der Waals surface area contributed by atoms with Crippen LogP contribution in [0.3, 0.4) is 0 Å². The normalized spacial score (nSPS) is 13.3. The minimum atomic E-state index is -1.20. The third-order valence-corrected chi connectivity index (χ3v) is 7.60. The van der Waals surface area contributed by atoms with E-state index >= 15 is 0 Å². The Morgan fingerprint density at radius 3 is 1.50 bits per heavy atom. The quantitative estimate of drug-likeness (QED) is 0.126. The highest BCUT2D eigenvalue weighted by molar-refractivity contribution is 5.94. The van der Waals surface area contributed by atoms with Crippen LogP contribution in [0.2, 0.25) is 0 Å². The van der Waals surface area contributed by atoms with Gasteiger partial charge < -0.3 is 30.2 Å². The summed E-state index contributed by atoms with van der Waals surface area (Å²) in [6.07, 6.45) is 0.524. The molecule has 0 bridgehead atoms. The number of fused-ring (bicyclic) bond motifs is 2. The number of alkyl carbamates (subject to hydrolysis) is 1. The maximum Gasteiger partial charge on any atom is 0.419 e. The van der Waals surface area contributed by atoms with Crippen molar-refractivity contribution in [2.24, 2.45) is 0 Å². The van der Waals surface area contributed by atoms with Crippen LogP contribution in [0, 0.1) is 0 Å². The Kier molecular flexibility index (Phi) is 11.8. The minimum Gasteiger partial charge on any atom is -0.444 e. The Balaban J connectivity index is 1.70. The van der Waals surface area contributed by atoms with E-state index in [-0.39, 0.29) is 25.2 Å². The molecule has 2 aromatic carbocycles. The summed E-state index contributed by atoms with van der Waals surface area (Å²) >= 11 is 0. The second-order valence-corrected chi connectivity index (χ2v) is 15.6. The monoisotopic (exact) mass is 717 g/mol. The molecule has 4 aromatic rings. The standard InChI is InChI=1S/C39H51N5O8/c1-11-32(45)41-31(21-25-23-44(36(49)52-39(8,9)10)30-19-15-13-17-27(25)30)42-33(46)28(40-34(47)50-37(2,3)4)20-24-22-43(35(48)51-38(5,6)7)29-18-14-12-16-26(24)29/h12-19,22-23,28,31H,11,20-21H2,1-10H3,(H,40,47)(H,41,45)(H,42,46)/t28-,31-/m1/s1. The molecule has 0 saturated carbocycles. The van der Waals surface area contributed by atoms with Gasteiger partial charge in [0.2, 0.25) is 11.8 Å². The predicted molar refractivity (Wildman–Crippen MR) is 198 cm³/mol. The van der Waals surface area contributed by atoms with Crippen LogP contribution in [0.15, 0.2) is 60.9 Å². The highest BCUT2D eigenvalue weighted by Gasteiger charge is 2.30. The van der Waals surface area contributed by atoms with E-state index in [2.05, 4.69) is 16.0 Å². The lowest BCUT2D eigenvalue weighted by molar-refractivity contribution is -0.125. The number of nitrogens with one attached hydrogen (secondary N) is 3. The van der Waals surface area contributed by atoms with Crippen LogP contribution in [0.5, 0.6) is 0 Å². The van der Waals surface area contributed by atoms with Gasteiger partial charge in [-0.25, -0.2) is 14.4 Å². The molecule has 0 fully saturated rings. The first-order valence-corrected chi connectivity index (χ1v) is 17.4. The van der Waals surface area contributed by atoms with Crippen molar-refractivity contribution in [3.63, 3.8) is 0 Å². The molecule has 2 heterocycles. The van der Waals surface area contributed by atoms with Crippen LogP contribution < -0.4 is 16.0 Å². The van der Waals surface area contributed by atoms with Crippen molar-refractivity contribution in [1.82, 2.24) is 25.1 Å². The SMILES string of the molecule is CCC(=O)N[C@@H](Cc1cn(C(=O)OC(C)(C)C)c2ccccc12)NC(=O)[C@@H](Cc1cn(C(=O)OC(C)(C)C)c2ccccc12)NC(=O)OC(C)(C)C. The molecule has 13 heteroatoms. The van der Waals surface area contributed by atoms with Gasteiger partial charge in [-0.05, 0) is 85.6 Å². The molecule has 52 heavy (non-hydrogen) atoms. The van der Waals surface area contributed by atoms with Crippen molar-refractivity contribution in [2.75, 3.05) is 0 Å². The summed E-state index contributed by atoms with van der Waals surface area (Å²) in [5.41, 5.74) is 0.0941. The van der Waals surface area contributed by atoms with Gasteiger partial charge in [-0.3, -0.25) is 18.7 Å². The fourth-order valence-electron chi connectivity index (χ4n) is 5.56. The summed E-state index contributed by atoms with van der Waals surface area (Å²) < 4.78 is 19.5. The first kappa shape index (κ1) is 39.5. The maximum atomic E-state index is 14.2. The zero-order chi connectivity index (χ0) is 38.6. The first-order valence-electron chi connectivity index (χ1n) is 17.4. The first-order chi connectivity index (χ1) is 24.1. The number of carbonyl (C=O) groups excluding carboxylic acids is 5. The lowest BCUT2D eigenvalue weighted by Gasteiger charge is -2.26. The number of carbonyl (C=O) groups is 5. The third kappa shape index (κ3) is 10.6. The second kappa shape index (κ2) is 15.5. The summed E-state index contributed by atoms with van der Waals surface area (Å²) in [5.74, 6) is -0.935. The zero-order valence-corrected chi connectivity index (χ0v) is 31.7. The molecule has 13 nitrogen and oxygen atoms in total. The predicted octanol–water partition coefficient (Wildman–Crippen LogP) is 6.81. The summed E-state index contributed by atoms with van der Waals surface area (Å²) in [6.45, 7) is 17.5. The number of ether oxygens (including phenoxy) is 3. The van der Waals surface area contributed by atoms with E-state index in [0.717, 1.165) is 5.39 Å². The number of amides is 3. The largest absolute Gasteiger partial charge is 0.444 e. The molecule has 0 spiro atoms. The van der Waals surface area contributed by atoms with E-state index in [1.54, 1.807) is 106 Å². The fraction of sp³-hybridized carbons (Fsp3) is 0.462. The molecule has 0 aliphatic heterocycles. The van der Waals surface area contributed by atoms with Crippen LogP contribution in [-0.2, 0) is 36.6 Å². The van der Waals surface area contributed by atoms with E-state index in [0.29, 0.717) is 27.5 Å². The summed E-state index contributed by atoms with van der Waals surface area (Å²) in [4.78, 5) is 66.4. The van der Waals surface area contributed by atoms with Crippen LogP contribution in [-0.4, -0.2) is 68.2 Å². The molecule has 0 aliphatic rings. The molecule has 3 amide bonds. The van der Waals surface area contributed by atoms with Gasteiger partial charge in [0, 0.05) is 42.4 Å². The lowest BCUT2D eigenvalue weighted by atomic mass is 10.0. The minimum absolute atomic E-state index is 0.0339. The number of rotatable bonds is 9. The highest BCUT2D eigenvalue weighted by atomic mass is 16.6. The summed E-state index contributed by atoms with van der Waals surface area (Å²) in [6, 6.07) is 13.3. The Morgan fingerprint density at radius 1 is 0.615 bits per heavy atom. The van der Waals surface area contributed by atoms with Gasteiger partial charge in [0.15, 0.2) is 0 Å². The Labute approximate surface area is 304 Å². The maximum absolute atomic E-state index is 14.2. The highest BCUT2D eigenvalue weighted by Crippen LogP contribution is 2.26. The van der Waals surface area contributed by atoms with E-state index in [1.165, 1.54) is 9.13 Å². The molecule has 2 atom stereocenters. The van der Waals surface area contributed by atoms with E-state index < -0.39 is 53.2 Å². The third-order valence-electron chi connectivity index (χ3n) is 7.60. The lowest BCUT2D eigenvalue weighted by Crippen LogP contribution is -2.56. The van der Waals surface area contributed by atoms with Gasteiger partial charge in [-0.1, -0.05) is 43.3 Å². The molecule has 2 aromatic heterocycles. The zero-order valence-electron chi connectivity index (χ0n) is 31.7. The van der Waals surface area contributed by atoms with Crippen molar-refractivity contribution in [2.45, 2.75) is 118 Å². The number of benzene rings is 2. The summed E-state index contributed by atoms with van der Waals surface area (Å²) in [7, 11) is 0. The number of hydrogen-bond acceptors (Lipinski definition) is 8. The Morgan fingerprint density at radius 2 is 1.06 bits per heavy atom. The average molecular weight is 718 g/mol. The Bertz CT molecular complexity index is 1950. The van der Waals surface area contributed by atoms with Crippen molar-refractivity contribution >= 4 is 51.9 Å². The topological polar surface area (TPSA) is 159 Å². The summed E-state index contributed by atoms with van der Waals surface area (Å²) in [5, 5.41) is 9.88. The number of nitrogens with zero attached hydrogens (tertiary/aromatic N) is 2. The number of para-hydroxylation sites is 2. The van der Waals surface area contributed by atoms with Crippen LogP contribution >= 0.6 is 0 Å². The molecule has 0 radical (unpaired) electrons. The van der Waals surface area contributed by atoms with Crippen molar-refractivity contribution in [1.29, 1.82) is 0 Å². The second-order valence-electron chi connectivity index (χ2n) is 15.6. The van der Waals surface area contributed by atoms with E-state index in [1.807, 2.05) is 24.3 Å². The van der Waals surface area contributed by atoms with E-state index in [4.69, 9.17) is 14.2 Å². The molecular formula is C39H51N5O8. The van der Waals surface area contributed by atoms with Gasteiger partial charge in [-0.2, -0.15) is 0 Å². The van der Waals surface area contributed by atoms with Crippen LogP contribution in [0.4, 0.5) is 14.4 Å². The Hall–Kier alpha value is -5.33. The van der Waals surface area contributed by atoms with Crippen molar-refractivity contribution < 1.29 is 38.2 Å². The number of hydrogen-bond donors (Lipinski definition) is 3. The van der Waals surface area contributed by atoms with Gasteiger partial charge in [0.05, 0.1) is 11.0 Å². The average Bonchev–Trinajstić information content (AvgIpc) is 3.57. The van der Waals surface area contributed by atoms with Gasteiger partial charge in [0.25, 0.3) is 0 Å². The van der Waals surface area contributed by atoms with E-state index in [9.17, 15) is 24.0 Å². The van der Waals surface area contributed by atoms with Crippen molar-refractivity contribution in [3.05, 3.63) is 72.1 Å². The molecule has 3 N–H and O–H groups in total. The fourth-order valence-corrected chi connectivity index (χ4v) is 5.56. The van der Waals surface area contributed by atoms with Gasteiger partial charge >= 0.3 is 18.3 Å². The number of aromatic nitrogens is 2. The van der Waals surface area contributed by atoms with Crippen LogP contribution in [0.25, 0.3) is 21.8 Å². The molecular weight excluding hydrogens is 666 g/mol. The van der Waals surface area contributed by atoms with Crippen LogP contribution in [0.1, 0.15) is 86.8 Å². The van der Waals surface area contributed by atoms with Gasteiger partial charge in [0.1, 0.15) is 29.0 Å². The molecule has 280 valence electrons. The smallest absolute Gasteiger partial charge is 0.419 e. The van der Waals surface area contributed by atoms with Crippen molar-refractivity contribution in [3.8, 4) is 0 Å². The van der Waals surface area contributed by atoms with Gasteiger partial charge in [-0.15, -0.1) is 0 Å². The molecule has 0 saturated heterocycles. The molecule has 0 aliphatic carbocycles. The molecule has 4 rings (SSSR count).